The summed E-state index contributed by atoms with van der Waals surface area (Å²) in [7, 11) is 1.63. The van der Waals surface area contributed by atoms with E-state index in [1.807, 2.05) is 6.07 Å². The van der Waals surface area contributed by atoms with E-state index in [0.717, 1.165) is 12.8 Å². The fraction of sp³-hybridized carbons (Fsp3) is 0.429. The van der Waals surface area contributed by atoms with Gasteiger partial charge < -0.3 is 15.2 Å². The third-order valence-corrected chi connectivity index (χ3v) is 3.08. The Morgan fingerprint density at radius 1 is 1.55 bits per heavy atom. The highest BCUT2D eigenvalue weighted by Crippen LogP contribution is 2.19. The van der Waals surface area contributed by atoms with E-state index in [4.69, 9.17) is 4.74 Å². The van der Waals surface area contributed by atoms with Gasteiger partial charge in [0.15, 0.2) is 11.5 Å². The molecule has 0 fully saturated rings. The van der Waals surface area contributed by atoms with Crippen LogP contribution < -0.4 is 5.32 Å². The maximum atomic E-state index is 11.5. The fourth-order valence-corrected chi connectivity index (χ4v) is 2.24. The summed E-state index contributed by atoms with van der Waals surface area (Å²) < 4.78 is 6.73. The van der Waals surface area contributed by atoms with E-state index in [2.05, 4.69) is 17.2 Å². The normalized spacial score (nSPS) is 12.5. The molecule has 0 aromatic carbocycles. The Balaban J connectivity index is 2.37. The first-order valence-electron chi connectivity index (χ1n) is 6.63. The number of carbonyl (C=O) groups is 1. The number of nitrogens with one attached hydrogen (secondary N) is 1. The Kier molecular flexibility index (Phi) is 4.57. The zero-order valence-electron chi connectivity index (χ0n) is 11.7. The molecule has 108 valence electrons. The van der Waals surface area contributed by atoms with Gasteiger partial charge in [0.1, 0.15) is 5.65 Å². The lowest BCUT2D eigenvalue weighted by molar-refractivity contribution is 0.0690. The molecule has 0 aliphatic carbocycles. The van der Waals surface area contributed by atoms with Crippen molar-refractivity contribution in [3.8, 4) is 0 Å². The number of pyridine rings is 1. The van der Waals surface area contributed by atoms with Crippen molar-refractivity contribution in [2.75, 3.05) is 19.0 Å². The third-order valence-electron chi connectivity index (χ3n) is 3.08. The molecular weight excluding hydrogens is 258 g/mol. The van der Waals surface area contributed by atoms with Gasteiger partial charge in [-0.25, -0.2) is 9.78 Å². The highest BCUT2D eigenvalue weighted by molar-refractivity contribution is 5.93. The van der Waals surface area contributed by atoms with Gasteiger partial charge in [-0.05, 0) is 18.6 Å². The molecule has 2 aromatic heterocycles. The molecule has 0 aliphatic rings. The standard InChI is InChI=1S/C14H19N3O3/c1-3-6-10(9-20-2)15-13-12(14(18)19)17-8-5-4-7-11(17)16-13/h4-5,7-8,10,15H,3,6,9H2,1-2H3,(H,18,19). The van der Waals surface area contributed by atoms with Crippen molar-refractivity contribution in [1.29, 1.82) is 0 Å². The quantitative estimate of drug-likeness (QED) is 0.812. The lowest BCUT2D eigenvalue weighted by Crippen LogP contribution is -2.26. The minimum Gasteiger partial charge on any atom is -0.476 e. The summed E-state index contributed by atoms with van der Waals surface area (Å²) in [6.45, 7) is 2.59. The number of hydrogen-bond donors (Lipinski definition) is 2. The van der Waals surface area contributed by atoms with Crippen LogP contribution in [0.1, 0.15) is 30.3 Å². The summed E-state index contributed by atoms with van der Waals surface area (Å²) in [5, 5.41) is 12.6. The lowest BCUT2D eigenvalue weighted by atomic mass is 10.2. The molecule has 2 heterocycles. The average Bonchev–Trinajstić information content (AvgIpc) is 2.77. The van der Waals surface area contributed by atoms with Crippen molar-refractivity contribution >= 4 is 17.4 Å². The van der Waals surface area contributed by atoms with Crippen LogP contribution in [-0.2, 0) is 4.74 Å². The van der Waals surface area contributed by atoms with E-state index in [1.165, 1.54) is 0 Å². The number of aromatic nitrogens is 2. The zero-order chi connectivity index (χ0) is 14.5. The Labute approximate surface area is 117 Å². The van der Waals surface area contributed by atoms with Gasteiger partial charge in [0.2, 0.25) is 0 Å². The van der Waals surface area contributed by atoms with Crippen LogP contribution in [0.4, 0.5) is 5.82 Å². The molecule has 6 nitrogen and oxygen atoms in total. The predicted octanol–water partition coefficient (Wildman–Crippen LogP) is 2.26. The summed E-state index contributed by atoms with van der Waals surface area (Å²) in [6, 6.07) is 5.44. The summed E-state index contributed by atoms with van der Waals surface area (Å²) in [6.07, 6.45) is 3.57. The van der Waals surface area contributed by atoms with Crippen molar-refractivity contribution < 1.29 is 14.6 Å². The van der Waals surface area contributed by atoms with Gasteiger partial charge in [0.25, 0.3) is 0 Å². The van der Waals surface area contributed by atoms with Gasteiger partial charge in [-0.1, -0.05) is 19.4 Å². The molecule has 0 amide bonds. The second kappa shape index (κ2) is 6.38. The van der Waals surface area contributed by atoms with E-state index in [1.54, 1.807) is 29.8 Å². The van der Waals surface area contributed by atoms with Crippen molar-refractivity contribution in [3.05, 3.63) is 30.1 Å². The molecule has 6 heteroatoms. The lowest BCUT2D eigenvalue weighted by Gasteiger charge is -2.17. The Morgan fingerprint density at radius 2 is 2.35 bits per heavy atom. The number of imidazole rings is 1. The van der Waals surface area contributed by atoms with Gasteiger partial charge in [-0.3, -0.25) is 4.40 Å². The summed E-state index contributed by atoms with van der Waals surface area (Å²) in [5.41, 5.74) is 0.762. The van der Waals surface area contributed by atoms with E-state index in [9.17, 15) is 9.90 Å². The SMILES string of the molecule is CCCC(COC)Nc1nc2ccccn2c1C(=O)O. The van der Waals surface area contributed by atoms with Gasteiger partial charge in [-0.15, -0.1) is 0 Å². The minimum absolute atomic E-state index is 0.0491. The van der Waals surface area contributed by atoms with Crippen LogP contribution in [0.25, 0.3) is 5.65 Å². The number of carboxylic acids is 1. The monoisotopic (exact) mass is 277 g/mol. The molecule has 2 N–H and O–H groups in total. The summed E-state index contributed by atoms with van der Waals surface area (Å²) in [5.74, 6) is -0.613. The number of methoxy groups -OCH3 is 1. The van der Waals surface area contributed by atoms with Gasteiger partial charge in [-0.2, -0.15) is 0 Å². The Bertz CT molecular complexity index is 588. The largest absolute Gasteiger partial charge is 0.476 e. The van der Waals surface area contributed by atoms with Gasteiger partial charge in [0.05, 0.1) is 12.6 Å². The number of nitrogens with zero attached hydrogens (tertiary/aromatic N) is 2. The van der Waals surface area contributed by atoms with E-state index < -0.39 is 5.97 Å². The molecule has 20 heavy (non-hydrogen) atoms. The van der Waals surface area contributed by atoms with Crippen LogP contribution in [-0.4, -0.2) is 40.2 Å². The first-order valence-corrected chi connectivity index (χ1v) is 6.63. The molecule has 2 aromatic rings. The number of anilines is 1. The minimum atomic E-state index is -1.00. The number of ether oxygens (including phenoxy) is 1. The van der Waals surface area contributed by atoms with Crippen LogP contribution in [0, 0.1) is 0 Å². The van der Waals surface area contributed by atoms with Crippen molar-refractivity contribution in [3.63, 3.8) is 0 Å². The maximum absolute atomic E-state index is 11.5. The molecule has 2 rings (SSSR count). The molecule has 0 saturated carbocycles. The average molecular weight is 277 g/mol. The van der Waals surface area contributed by atoms with Crippen LogP contribution in [0.5, 0.6) is 0 Å². The topological polar surface area (TPSA) is 75.9 Å². The van der Waals surface area contributed by atoms with Crippen molar-refractivity contribution in [2.24, 2.45) is 0 Å². The first kappa shape index (κ1) is 14.3. The number of aromatic carboxylic acids is 1. The molecule has 1 unspecified atom stereocenters. The molecule has 0 aliphatic heterocycles. The molecule has 0 bridgehead atoms. The molecule has 0 saturated heterocycles. The number of carboxylic acid groups (broad SMARTS) is 1. The fourth-order valence-electron chi connectivity index (χ4n) is 2.24. The second-order valence-corrected chi connectivity index (χ2v) is 4.63. The first-order chi connectivity index (χ1) is 9.67. The number of rotatable bonds is 7. The number of fused-ring (bicyclic) bond motifs is 1. The summed E-state index contributed by atoms with van der Waals surface area (Å²) >= 11 is 0. The summed E-state index contributed by atoms with van der Waals surface area (Å²) in [4.78, 5) is 15.8. The third kappa shape index (κ3) is 2.91. The molecule has 1 atom stereocenters. The second-order valence-electron chi connectivity index (χ2n) is 4.63. The Hall–Kier alpha value is -2.08. The smallest absolute Gasteiger partial charge is 0.356 e. The van der Waals surface area contributed by atoms with Crippen LogP contribution in [0.2, 0.25) is 0 Å². The molecule has 0 radical (unpaired) electrons. The zero-order valence-corrected chi connectivity index (χ0v) is 11.7. The van der Waals surface area contributed by atoms with E-state index in [-0.39, 0.29) is 11.7 Å². The van der Waals surface area contributed by atoms with Crippen LogP contribution >= 0.6 is 0 Å². The molecule has 0 spiro atoms. The number of hydrogen-bond acceptors (Lipinski definition) is 4. The maximum Gasteiger partial charge on any atom is 0.356 e. The highest BCUT2D eigenvalue weighted by Gasteiger charge is 2.20. The van der Waals surface area contributed by atoms with Crippen LogP contribution in [0.15, 0.2) is 24.4 Å². The highest BCUT2D eigenvalue weighted by atomic mass is 16.5. The Morgan fingerprint density at radius 3 is 3.00 bits per heavy atom. The molecular formula is C14H19N3O3. The van der Waals surface area contributed by atoms with Gasteiger partial charge in [0, 0.05) is 13.3 Å². The predicted molar refractivity (Wildman–Crippen MR) is 76.3 cm³/mol. The van der Waals surface area contributed by atoms with E-state index in [0.29, 0.717) is 18.1 Å². The van der Waals surface area contributed by atoms with Crippen LogP contribution in [0.3, 0.4) is 0 Å². The van der Waals surface area contributed by atoms with Crippen molar-refractivity contribution in [2.45, 2.75) is 25.8 Å². The van der Waals surface area contributed by atoms with Gasteiger partial charge >= 0.3 is 5.97 Å². The van der Waals surface area contributed by atoms with E-state index >= 15 is 0 Å². The van der Waals surface area contributed by atoms with Crippen molar-refractivity contribution in [1.82, 2.24) is 9.38 Å².